The predicted molar refractivity (Wildman–Crippen MR) is 280 cm³/mol. The van der Waals surface area contributed by atoms with Crippen molar-refractivity contribution in [3.8, 4) is 23.3 Å². The van der Waals surface area contributed by atoms with Crippen LogP contribution in [0.15, 0.2) is 78.1 Å². The van der Waals surface area contributed by atoms with E-state index < -0.39 is 35.7 Å². The van der Waals surface area contributed by atoms with Gasteiger partial charge in [0.05, 0.1) is 37.3 Å². The first-order valence-corrected chi connectivity index (χ1v) is 27.5. The minimum atomic E-state index is -1.39. The van der Waals surface area contributed by atoms with E-state index in [9.17, 15) is 40.2 Å². The molecule has 0 aromatic heterocycles. The number of dihydropyridines is 1. The number of carbonyl (C=O) groups excluding carboxylic acids is 2. The predicted octanol–water partition coefficient (Wildman–Crippen LogP) is 5.34. The zero-order valence-corrected chi connectivity index (χ0v) is 42.6. The zero-order chi connectivity index (χ0) is 51.1. The summed E-state index contributed by atoms with van der Waals surface area (Å²) in [6.45, 7) is 4.97. The number of rotatable bonds is 15. The summed E-state index contributed by atoms with van der Waals surface area (Å²) in [7, 11) is 1.48. The first kappa shape index (κ1) is 51.7. The molecule has 73 heavy (non-hydrogen) atoms. The molecule has 10 rings (SSSR count). The van der Waals surface area contributed by atoms with E-state index in [0.29, 0.717) is 75.2 Å². The van der Waals surface area contributed by atoms with Gasteiger partial charge in [-0.05, 0) is 182 Å². The van der Waals surface area contributed by atoms with Gasteiger partial charge in [-0.2, -0.15) is 0 Å². The lowest BCUT2D eigenvalue weighted by Gasteiger charge is -2.65. The molecule has 17 atom stereocenters. The Balaban J connectivity index is 0.956. The van der Waals surface area contributed by atoms with Crippen molar-refractivity contribution in [1.29, 1.82) is 0 Å². The molecule has 5 aliphatic carbocycles. The number of ether oxygens (including phenoxy) is 1. The van der Waals surface area contributed by atoms with Crippen LogP contribution in [0.3, 0.4) is 0 Å². The van der Waals surface area contributed by atoms with Gasteiger partial charge < -0.3 is 57.1 Å². The number of Topliss-reactive ketones (excluding diaryl/α,β-unsaturated/α-hetero) is 2. The molecule has 392 valence electrons. The van der Waals surface area contributed by atoms with Crippen molar-refractivity contribution in [3.63, 3.8) is 0 Å². The SMILES string of the molecule is CCNC[C@H]1[C@@H]([C@H]2CC[C@@]3(C#C[C@H](C[C@H](O)[C@H](O)C[C@H](C4=CCNC(N)=C4)c4ccc5ccccc5c4)c4cc(O)c(OC)cc4CCC3=O)[C@H](O)C2)[C@@H](CCCO)[C@@H]2CN[C@@H]3CC(=O)C[C@@H]4C[C@@H](O)[C@H]1[C@H]2[C@H]43. The number of hydrogen-bond donors (Lipinski definition) is 10. The number of carbonyl (C=O) groups is 2. The molecule has 11 N–H and O–H groups in total. The number of fused-ring (bicyclic) bond motifs is 2. The van der Waals surface area contributed by atoms with Gasteiger partial charge in [-0.25, -0.2) is 0 Å². The fraction of sp³-hybridized carbons (Fsp3) is 0.600. The number of allylic oxidation sites excluding steroid dienone is 2. The second kappa shape index (κ2) is 21.8. The molecule has 4 saturated carbocycles. The highest BCUT2D eigenvalue weighted by Gasteiger charge is 2.63. The number of nitrogens with one attached hydrogen (secondary N) is 3. The number of methoxy groups -OCH3 is 1. The third kappa shape index (κ3) is 9.99. The molecule has 0 bridgehead atoms. The van der Waals surface area contributed by atoms with Gasteiger partial charge in [0.2, 0.25) is 0 Å². The first-order valence-electron chi connectivity index (χ1n) is 27.5. The molecule has 1 spiro atoms. The van der Waals surface area contributed by atoms with Crippen molar-refractivity contribution < 1.29 is 45.0 Å². The Morgan fingerprint density at radius 3 is 2.53 bits per heavy atom. The second-order valence-electron chi connectivity index (χ2n) is 22.9. The van der Waals surface area contributed by atoms with E-state index in [1.54, 1.807) is 12.1 Å². The molecular weight excluding hydrogens is 921 g/mol. The van der Waals surface area contributed by atoms with Crippen molar-refractivity contribution in [3.05, 3.63) is 94.8 Å². The van der Waals surface area contributed by atoms with Crippen LogP contribution in [-0.2, 0) is 16.0 Å². The average Bonchev–Trinajstić information content (AvgIpc) is 3.43. The van der Waals surface area contributed by atoms with Crippen LogP contribution >= 0.6 is 0 Å². The number of aliphatic hydroxyl groups excluding tert-OH is 5. The number of piperidine rings is 1. The van der Waals surface area contributed by atoms with E-state index in [2.05, 4.69) is 71.1 Å². The van der Waals surface area contributed by atoms with E-state index in [1.165, 1.54) is 7.11 Å². The molecule has 0 amide bonds. The number of phenols is 1. The molecule has 0 unspecified atom stereocenters. The van der Waals surface area contributed by atoms with Crippen LogP contribution in [0.25, 0.3) is 10.8 Å². The Bertz CT molecular complexity index is 2640. The summed E-state index contributed by atoms with van der Waals surface area (Å²) in [5.74, 6) is 8.06. The smallest absolute Gasteiger partial charge is 0.160 e. The van der Waals surface area contributed by atoms with E-state index in [0.717, 1.165) is 53.5 Å². The van der Waals surface area contributed by atoms with Gasteiger partial charge >= 0.3 is 0 Å². The second-order valence-corrected chi connectivity index (χ2v) is 22.9. The highest BCUT2D eigenvalue weighted by Crippen LogP contribution is 2.63. The Hall–Kier alpha value is -4.78. The van der Waals surface area contributed by atoms with Crippen LogP contribution in [0.2, 0.25) is 0 Å². The molecule has 13 nitrogen and oxygen atoms in total. The lowest BCUT2D eigenvalue weighted by atomic mass is 9.42. The van der Waals surface area contributed by atoms with Gasteiger partial charge in [-0.1, -0.05) is 67.3 Å². The molecule has 3 aromatic rings. The van der Waals surface area contributed by atoms with Crippen LogP contribution in [-0.4, -0.2) is 113 Å². The summed E-state index contributed by atoms with van der Waals surface area (Å²) in [6.07, 6.45) is 4.91. The normalized spacial score (nSPS) is 35.1. The molecular formula is C60H78N4O9. The summed E-state index contributed by atoms with van der Waals surface area (Å²) in [6, 6.07) is 17.8. The lowest BCUT2D eigenvalue weighted by molar-refractivity contribution is -0.186. The largest absolute Gasteiger partial charge is 0.504 e. The lowest BCUT2D eigenvalue weighted by Crippen LogP contribution is -2.69. The monoisotopic (exact) mass is 999 g/mol. The number of hydrogen-bond acceptors (Lipinski definition) is 13. The summed E-state index contributed by atoms with van der Waals surface area (Å²) < 4.78 is 5.55. The maximum absolute atomic E-state index is 14.9. The third-order valence-corrected chi connectivity index (χ3v) is 19.2. The Morgan fingerprint density at radius 1 is 0.945 bits per heavy atom. The number of benzene rings is 3. The van der Waals surface area contributed by atoms with Crippen molar-refractivity contribution in [2.75, 3.05) is 39.9 Å². The zero-order valence-electron chi connectivity index (χ0n) is 42.6. The number of aryl methyl sites for hydroxylation is 1. The number of aromatic hydroxyl groups is 1. The van der Waals surface area contributed by atoms with Gasteiger partial charge in [0, 0.05) is 50.3 Å². The van der Waals surface area contributed by atoms with Crippen molar-refractivity contribution in [2.45, 2.75) is 126 Å². The topological polar surface area (TPSA) is 227 Å². The first-order chi connectivity index (χ1) is 35.3. The van der Waals surface area contributed by atoms with Crippen molar-refractivity contribution in [2.24, 2.45) is 64.4 Å². The van der Waals surface area contributed by atoms with E-state index >= 15 is 0 Å². The molecule has 5 fully saturated rings. The van der Waals surface area contributed by atoms with Gasteiger partial charge in [-0.3, -0.25) is 9.59 Å². The Kier molecular flexibility index (Phi) is 15.5. The van der Waals surface area contributed by atoms with Crippen LogP contribution in [0.1, 0.15) is 106 Å². The van der Waals surface area contributed by atoms with E-state index in [1.807, 2.05) is 18.2 Å². The van der Waals surface area contributed by atoms with Crippen LogP contribution < -0.4 is 26.4 Å². The fourth-order valence-electron chi connectivity index (χ4n) is 16.0. The van der Waals surface area contributed by atoms with Gasteiger partial charge in [-0.15, -0.1) is 0 Å². The van der Waals surface area contributed by atoms with E-state index in [-0.39, 0.29) is 108 Å². The van der Waals surface area contributed by atoms with Crippen molar-refractivity contribution >= 4 is 22.3 Å². The van der Waals surface area contributed by atoms with E-state index in [4.69, 9.17) is 10.5 Å². The molecule has 13 heteroatoms. The number of nitrogens with two attached hydrogens (primary N) is 1. The molecule has 3 aromatic carbocycles. The summed E-state index contributed by atoms with van der Waals surface area (Å²) in [5.41, 5.74) is 8.19. The molecule has 1 saturated heterocycles. The maximum Gasteiger partial charge on any atom is 0.160 e. The van der Waals surface area contributed by atoms with Gasteiger partial charge in [0.25, 0.3) is 0 Å². The summed E-state index contributed by atoms with van der Waals surface area (Å²) >= 11 is 0. The summed E-state index contributed by atoms with van der Waals surface area (Å²) in [5, 5.41) is 83.5. The van der Waals surface area contributed by atoms with Crippen molar-refractivity contribution in [1.82, 2.24) is 16.0 Å². The number of ketones is 2. The Labute approximate surface area is 430 Å². The minimum Gasteiger partial charge on any atom is -0.504 e. The highest BCUT2D eigenvalue weighted by molar-refractivity contribution is 5.89. The molecule has 2 aliphatic heterocycles. The highest BCUT2D eigenvalue weighted by atomic mass is 16.5. The molecule has 2 heterocycles. The average molecular weight is 999 g/mol. The number of phenolic OH excluding ortho intramolecular Hbond substituents is 1. The minimum absolute atomic E-state index is 0.00313. The third-order valence-electron chi connectivity index (χ3n) is 19.2. The fourth-order valence-corrected chi connectivity index (χ4v) is 16.0. The molecule has 0 radical (unpaired) electrons. The number of aliphatic hydroxyl groups is 5. The standard InChI is InChI=1S/C60H78N4O9/c1-3-62-31-46-56(42(9-6-20-65)45-32-64-47-28-41(66)22-40-24-51(70)58(46)59(45)57(40)47)39-15-18-60(54(72)26-39)17-14-37(44-30-50(69)52(73-2)25-36(44)12-13-53(60)71)23-48(67)49(68)29-43(38-16-19-63-55(61)27-38)35-11-10-33-7-4-5-8-34(33)21-35/h4-5,7-8,10-11,16,21,25,27,30,37,39-40,42-43,45-49,51,54,56-59,62-65,67-70,72H,3,6,9,12-13,15,18-20,22-24,26,28-29,31-32,61H2,1-2H3/t37-,39+,40-,42+,43+,45+,46+,47-,48+,49-,51-,54-,56+,57-,58+,59-,60-/m1/s1. The van der Waals surface area contributed by atoms with Gasteiger partial charge in [0.1, 0.15) is 11.2 Å². The quantitative estimate of drug-likeness (QED) is 0.0869. The molecule has 7 aliphatic rings. The van der Waals surface area contributed by atoms with Gasteiger partial charge in [0.15, 0.2) is 17.3 Å². The van der Waals surface area contributed by atoms with Crippen LogP contribution in [0.4, 0.5) is 0 Å². The van der Waals surface area contributed by atoms with Crippen LogP contribution in [0.5, 0.6) is 11.5 Å². The Morgan fingerprint density at radius 2 is 1.77 bits per heavy atom. The summed E-state index contributed by atoms with van der Waals surface area (Å²) in [4.78, 5) is 27.9. The van der Waals surface area contributed by atoms with Crippen LogP contribution in [0, 0.1) is 70.5 Å². The maximum atomic E-state index is 14.9.